The van der Waals surface area contributed by atoms with E-state index < -0.39 is 0 Å². The Morgan fingerprint density at radius 3 is 1.02 bits per heavy atom. The predicted molar refractivity (Wildman–Crippen MR) is 200 cm³/mol. The summed E-state index contributed by atoms with van der Waals surface area (Å²) in [5.74, 6) is 2.21. The van der Waals surface area contributed by atoms with Gasteiger partial charge in [-0.2, -0.15) is 0 Å². The Labute approximate surface area is 295 Å². The van der Waals surface area contributed by atoms with Crippen LogP contribution in [-0.2, 0) is 0 Å². The number of nitrogens with zero attached hydrogens (tertiary/aromatic N) is 2. The van der Waals surface area contributed by atoms with Gasteiger partial charge in [0.15, 0.2) is 34.6 Å². The SMILES string of the molecule is COc1ccc(C(=O)/C=C/c2ccc(N(C)C)cc2)c(OC)c1OC.COc1ccc(C(=O)/C=C/c2ccc(N(C)C)cc2)c(OC)c1OC. The highest BCUT2D eigenvalue weighted by molar-refractivity contribution is 6.10. The van der Waals surface area contributed by atoms with E-state index in [4.69, 9.17) is 28.4 Å². The van der Waals surface area contributed by atoms with Crippen molar-refractivity contribution in [3.63, 3.8) is 0 Å². The molecule has 50 heavy (non-hydrogen) atoms. The molecular weight excluding hydrogens is 636 g/mol. The van der Waals surface area contributed by atoms with Crippen LogP contribution in [0.15, 0.2) is 84.9 Å². The van der Waals surface area contributed by atoms with E-state index in [-0.39, 0.29) is 11.6 Å². The normalized spacial score (nSPS) is 10.6. The van der Waals surface area contributed by atoms with Gasteiger partial charge in [0, 0.05) is 39.6 Å². The lowest BCUT2D eigenvalue weighted by Gasteiger charge is -2.14. The van der Waals surface area contributed by atoms with E-state index in [1.54, 1.807) is 36.4 Å². The molecule has 4 aromatic carbocycles. The van der Waals surface area contributed by atoms with Crippen molar-refractivity contribution in [2.75, 3.05) is 80.6 Å². The fourth-order valence-electron chi connectivity index (χ4n) is 4.88. The van der Waals surface area contributed by atoms with Crippen LogP contribution in [0, 0.1) is 0 Å². The topological polar surface area (TPSA) is 96.0 Å². The number of anilines is 2. The van der Waals surface area contributed by atoms with Crippen LogP contribution < -0.4 is 38.2 Å². The number of benzene rings is 4. The first-order chi connectivity index (χ1) is 24.0. The second-order valence-electron chi connectivity index (χ2n) is 11.1. The van der Waals surface area contributed by atoms with Crippen LogP contribution in [0.3, 0.4) is 0 Å². The first kappa shape index (κ1) is 38.5. The van der Waals surface area contributed by atoms with Gasteiger partial charge in [-0.3, -0.25) is 9.59 Å². The van der Waals surface area contributed by atoms with E-state index >= 15 is 0 Å². The van der Waals surface area contributed by atoms with E-state index in [0.717, 1.165) is 22.5 Å². The van der Waals surface area contributed by atoms with Crippen molar-refractivity contribution >= 4 is 35.1 Å². The molecular formula is C40H46N2O8. The lowest BCUT2D eigenvalue weighted by atomic mass is 10.1. The quantitative estimate of drug-likeness (QED) is 0.0993. The molecule has 10 nitrogen and oxygen atoms in total. The van der Waals surface area contributed by atoms with Crippen molar-refractivity contribution < 1.29 is 38.0 Å². The van der Waals surface area contributed by atoms with E-state index in [1.807, 2.05) is 86.5 Å². The van der Waals surface area contributed by atoms with Gasteiger partial charge in [-0.15, -0.1) is 0 Å². The minimum atomic E-state index is -0.172. The lowest BCUT2D eigenvalue weighted by molar-refractivity contribution is 0.103. The second-order valence-corrected chi connectivity index (χ2v) is 11.1. The zero-order chi connectivity index (χ0) is 36.8. The molecule has 0 heterocycles. The second kappa shape index (κ2) is 18.6. The molecule has 0 radical (unpaired) electrons. The summed E-state index contributed by atoms with van der Waals surface area (Å²) in [5.41, 5.74) is 4.93. The van der Waals surface area contributed by atoms with Gasteiger partial charge in [-0.05, 0) is 71.8 Å². The van der Waals surface area contributed by atoms with Gasteiger partial charge in [-0.25, -0.2) is 0 Å². The van der Waals surface area contributed by atoms with Gasteiger partial charge in [0.25, 0.3) is 0 Å². The third-order valence-corrected chi connectivity index (χ3v) is 7.61. The summed E-state index contributed by atoms with van der Waals surface area (Å²) in [5, 5.41) is 0. The third-order valence-electron chi connectivity index (χ3n) is 7.61. The number of hydrogen-bond donors (Lipinski definition) is 0. The fourth-order valence-corrected chi connectivity index (χ4v) is 4.88. The zero-order valence-electron chi connectivity index (χ0n) is 30.4. The molecule has 0 saturated carbocycles. The number of ether oxygens (including phenoxy) is 6. The van der Waals surface area contributed by atoms with Crippen LogP contribution in [0.5, 0.6) is 34.5 Å². The molecule has 0 aliphatic carbocycles. The van der Waals surface area contributed by atoms with Crippen LogP contribution in [0.4, 0.5) is 11.4 Å². The van der Waals surface area contributed by atoms with E-state index in [9.17, 15) is 9.59 Å². The predicted octanol–water partition coefficient (Wildman–Crippen LogP) is 7.35. The standard InChI is InChI=1S/2C20H23NO4/c2*1-21(2)15-9-6-14(7-10-15)8-12-17(22)16-11-13-18(23-3)20(25-5)19(16)24-4/h2*6-13H,1-5H3/b2*12-8+. The monoisotopic (exact) mass is 682 g/mol. The summed E-state index contributed by atoms with van der Waals surface area (Å²) in [6, 6.07) is 22.6. The van der Waals surface area contributed by atoms with Crippen LogP contribution >= 0.6 is 0 Å². The van der Waals surface area contributed by atoms with Crippen LogP contribution in [-0.4, -0.2) is 82.4 Å². The molecule has 0 fully saturated rings. The highest BCUT2D eigenvalue weighted by atomic mass is 16.5. The van der Waals surface area contributed by atoms with Crippen molar-refractivity contribution in [3.05, 3.63) is 107 Å². The maximum absolute atomic E-state index is 12.6. The summed E-state index contributed by atoms with van der Waals surface area (Å²) in [7, 11) is 17.0. The first-order valence-electron chi connectivity index (χ1n) is 15.6. The van der Waals surface area contributed by atoms with Crippen molar-refractivity contribution in [3.8, 4) is 34.5 Å². The number of allylic oxidation sites excluding steroid dienone is 2. The molecule has 0 spiro atoms. The van der Waals surface area contributed by atoms with Crippen molar-refractivity contribution in [1.82, 2.24) is 0 Å². The molecule has 0 unspecified atom stereocenters. The van der Waals surface area contributed by atoms with Gasteiger partial charge in [-0.1, -0.05) is 36.4 Å². The molecule has 0 atom stereocenters. The zero-order valence-corrected chi connectivity index (χ0v) is 30.4. The molecule has 4 rings (SSSR count). The summed E-state index contributed by atoms with van der Waals surface area (Å²) in [6.07, 6.45) is 6.60. The Hall–Kier alpha value is -5.90. The van der Waals surface area contributed by atoms with Gasteiger partial charge >= 0.3 is 0 Å². The molecule has 4 aromatic rings. The number of rotatable bonds is 14. The van der Waals surface area contributed by atoms with E-state index in [1.165, 1.54) is 54.8 Å². The van der Waals surface area contributed by atoms with Crippen LogP contribution in [0.25, 0.3) is 12.2 Å². The van der Waals surface area contributed by atoms with Crippen LogP contribution in [0.2, 0.25) is 0 Å². The Morgan fingerprint density at radius 1 is 0.440 bits per heavy atom. The number of ketones is 2. The number of methoxy groups -OCH3 is 6. The van der Waals surface area contributed by atoms with Crippen molar-refractivity contribution in [2.24, 2.45) is 0 Å². The summed E-state index contributed by atoms with van der Waals surface area (Å²) in [4.78, 5) is 29.2. The minimum Gasteiger partial charge on any atom is -0.493 e. The summed E-state index contributed by atoms with van der Waals surface area (Å²) < 4.78 is 31.8. The molecule has 0 aromatic heterocycles. The molecule has 0 saturated heterocycles. The maximum atomic E-state index is 12.6. The van der Waals surface area contributed by atoms with Gasteiger partial charge in [0.05, 0.1) is 53.8 Å². The summed E-state index contributed by atoms with van der Waals surface area (Å²) >= 11 is 0. The smallest absolute Gasteiger partial charge is 0.204 e. The Kier molecular flexibility index (Phi) is 14.3. The molecule has 10 heteroatoms. The molecule has 0 N–H and O–H groups in total. The number of carbonyl (C=O) groups is 2. The number of carbonyl (C=O) groups excluding carboxylic acids is 2. The molecule has 0 aliphatic rings. The highest BCUT2D eigenvalue weighted by Crippen LogP contribution is 2.41. The Bertz CT molecular complexity index is 1660. The molecule has 264 valence electrons. The fraction of sp³-hybridized carbons (Fsp3) is 0.250. The molecule has 0 amide bonds. The molecule has 0 bridgehead atoms. The third kappa shape index (κ3) is 9.59. The largest absolute Gasteiger partial charge is 0.493 e. The van der Waals surface area contributed by atoms with Gasteiger partial charge in [0.2, 0.25) is 11.5 Å². The van der Waals surface area contributed by atoms with E-state index in [0.29, 0.717) is 45.6 Å². The van der Waals surface area contributed by atoms with Crippen molar-refractivity contribution in [2.45, 2.75) is 0 Å². The maximum Gasteiger partial charge on any atom is 0.204 e. The average molecular weight is 683 g/mol. The number of hydrogen-bond acceptors (Lipinski definition) is 10. The molecule has 0 aliphatic heterocycles. The van der Waals surface area contributed by atoms with Gasteiger partial charge < -0.3 is 38.2 Å². The van der Waals surface area contributed by atoms with Crippen molar-refractivity contribution in [1.29, 1.82) is 0 Å². The minimum absolute atomic E-state index is 0.172. The first-order valence-corrected chi connectivity index (χ1v) is 15.6. The van der Waals surface area contributed by atoms with Gasteiger partial charge in [0.1, 0.15) is 0 Å². The van der Waals surface area contributed by atoms with E-state index in [2.05, 4.69) is 0 Å². The average Bonchev–Trinajstić information content (AvgIpc) is 3.14. The highest BCUT2D eigenvalue weighted by Gasteiger charge is 2.20. The summed E-state index contributed by atoms with van der Waals surface area (Å²) in [6.45, 7) is 0. The Balaban J connectivity index is 0.000000270. The lowest BCUT2D eigenvalue weighted by Crippen LogP contribution is -2.07. The van der Waals surface area contributed by atoms with Crippen LogP contribution in [0.1, 0.15) is 31.8 Å². The Morgan fingerprint density at radius 2 is 0.760 bits per heavy atom.